The van der Waals surface area contributed by atoms with Gasteiger partial charge >= 0.3 is 0 Å². The maximum atomic E-state index is 9.39. The predicted molar refractivity (Wildman–Crippen MR) is 275 cm³/mol. The molecule has 12 aromatic rings. The van der Waals surface area contributed by atoms with E-state index in [9.17, 15) is 5.26 Å². The van der Waals surface area contributed by atoms with Crippen LogP contribution >= 0.6 is 0 Å². The highest BCUT2D eigenvalue weighted by atomic mass is 14.9. The Morgan fingerprint density at radius 1 is 0.288 bits per heavy atom. The molecule has 3 heteroatoms. The first-order valence-electron chi connectivity index (χ1n) is 22.3. The van der Waals surface area contributed by atoms with Gasteiger partial charge in [-0.2, -0.15) is 5.26 Å². The van der Waals surface area contributed by atoms with E-state index in [4.69, 9.17) is 9.97 Å². The molecule has 0 aliphatic heterocycles. The quantitative estimate of drug-likeness (QED) is 0.119. The normalized spacial score (nSPS) is 11.3. The smallest absolute Gasteiger partial charge is 0.160 e. The van der Waals surface area contributed by atoms with E-state index in [2.05, 4.69) is 212 Å². The van der Waals surface area contributed by atoms with Crippen LogP contribution in [0.3, 0.4) is 0 Å². The van der Waals surface area contributed by atoms with E-state index in [0.29, 0.717) is 11.4 Å². The van der Waals surface area contributed by atoms with Crippen LogP contribution in [-0.4, -0.2) is 9.97 Å². The molecule has 0 unspecified atom stereocenters. The second kappa shape index (κ2) is 16.3. The molecule has 12 rings (SSSR count). The predicted octanol–water partition coefficient (Wildman–Crippen LogP) is 16.6. The molecule has 3 nitrogen and oxygen atoms in total. The number of nitrogens with zero attached hydrogens (tertiary/aromatic N) is 3. The number of rotatable bonds is 7. The van der Waals surface area contributed by atoms with Crippen molar-refractivity contribution < 1.29 is 0 Å². The third kappa shape index (κ3) is 7.04. The van der Waals surface area contributed by atoms with Crippen molar-refractivity contribution in [3.63, 3.8) is 0 Å². The molecule has 0 amide bonds. The van der Waals surface area contributed by atoms with Crippen LogP contribution in [0.15, 0.2) is 237 Å². The molecule has 306 valence electrons. The second-order valence-corrected chi connectivity index (χ2v) is 16.9. The Labute approximate surface area is 383 Å². The summed E-state index contributed by atoms with van der Waals surface area (Å²) in [5, 5.41) is 19.2. The van der Waals surface area contributed by atoms with Crippen LogP contribution in [-0.2, 0) is 0 Å². The molecule has 1 aromatic heterocycles. The van der Waals surface area contributed by atoms with Crippen LogP contribution in [0.1, 0.15) is 5.56 Å². The highest BCUT2D eigenvalue weighted by Gasteiger charge is 2.17. The molecule has 0 bridgehead atoms. The Morgan fingerprint density at radius 3 is 1.64 bits per heavy atom. The average Bonchev–Trinajstić information content (AvgIpc) is 3.40. The summed E-state index contributed by atoms with van der Waals surface area (Å²) in [6, 6.07) is 86.0. The summed E-state index contributed by atoms with van der Waals surface area (Å²) in [6.07, 6.45) is 0. The number of nitriles is 1. The number of fused-ring (bicyclic) bond motifs is 5. The molecule has 1 heterocycles. The van der Waals surface area contributed by atoms with E-state index in [1.807, 2.05) is 30.3 Å². The third-order valence-electron chi connectivity index (χ3n) is 12.9. The first kappa shape index (κ1) is 38.7. The fraction of sp³-hybridized carbons (Fsp3) is 0. The van der Waals surface area contributed by atoms with Crippen molar-refractivity contribution in [2.75, 3.05) is 0 Å². The van der Waals surface area contributed by atoms with Gasteiger partial charge in [0, 0.05) is 16.7 Å². The van der Waals surface area contributed by atoms with E-state index in [0.717, 1.165) is 66.7 Å². The SMILES string of the molecule is N#Cc1ccc(-c2cccc(-c3cc(-c4ccccc4-c4ccccc4)nc(-c4ccc5cc(-c6ccc(-c7c8ccccc8cc8c7ccc7ccccc78)cc6)ccc5c4)n3)c2)cc1. The van der Waals surface area contributed by atoms with Crippen LogP contribution in [0.25, 0.3) is 122 Å². The van der Waals surface area contributed by atoms with E-state index >= 15 is 0 Å². The third-order valence-corrected chi connectivity index (χ3v) is 12.9. The van der Waals surface area contributed by atoms with Gasteiger partial charge in [-0.3, -0.25) is 0 Å². The molecular weight excluding hydrogens is 799 g/mol. The van der Waals surface area contributed by atoms with Gasteiger partial charge in [0.2, 0.25) is 0 Å². The van der Waals surface area contributed by atoms with Crippen LogP contribution < -0.4 is 0 Å². The van der Waals surface area contributed by atoms with Crippen molar-refractivity contribution in [3.8, 4) is 84.5 Å². The van der Waals surface area contributed by atoms with E-state index < -0.39 is 0 Å². The van der Waals surface area contributed by atoms with Gasteiger partial charge in [-0.05, 0) is 130 Å². The summed E-state index contributed by atoms with van der Waals surface area (Å²) in [7, 11) is 0. The molecule has 66 heavy (non-hydrogen) atoms. The van der Waals surface area contributed by atoms with E-state index in [1.165, 1.54) is 49.0 Å². The van der Waals surface area contributed by atoms with Crippen molar-refractivity contribution >= 4 is 43.1 Å². The zero-order valence-corrected chi connectivity index (χ0v) is 35.9. The minimum absolute atomic E-state index is 0.637. The molecule has 0 spiro atoms. The zero-order chi connectivity index (χ0) is 44.0. The molecule has 11 aromatic carbocycles. The standard InChI is InChI=1S/C63H39N3/c64-40-41-21-23-42(24-22-41)47-15-10-16-52(36-47)60-39-61(57-20-9-8-17-54(57)44-11-2-1-3-12-44)66-63(65-60)53-32-31-49-35-48(29-30-50(49)37-53)43-25-27-46(28-26-43)62-56-19-7-5-14-51(56)38-59-55-18-6-4-13-45(55)33-34-58(59)62/h1-39H. The van der Waals surface area contributed by atoms with Gasteiger partial charge in [0.15, 0.2) is 5.82 Å². The number of aromatic nitrogens is 2. The molecule has 0 saturated heterocycles. The molecule has 0 saturated carbocycles. The summed E-state index contributed by atoms with van der Waals surface area (Å²) >= 11 is 0. The number of hydrogen-bond donors (Lipinski definition) is 0. The van der Waals surface area contributed by atoms with Gasteiger partial charge in [-0.1, -0.05) is 194 Å². The van der Waals surface area contributed by atoms with Gasteiger partial charge < -0.3 is 0 Å². The van der Waals surface area contributed by atoms with Crippen molar-refractivity contribution in [1.29, 1.82) is 5.26 Å². The number of hydrogen-bond acceptors (Lipinski definition) is 3. The molecule has 0 radical (unpaired) electrons. The lowest BCUT2D eigenvalue weighted by Crippen LogP contribution is -1.97. The van der Waals surface area contributed by atoms with Gasteiger partial charge in [-0.25, -0.2) is 9.97 Å². The van der Waals surface area contributed by atoms with Crippen molar-refractivity contribution in [2.24, 2.45) is 0 Å². The molecule has 0 atom stereocenters. The summed E-state index contributed by atoms with van der Waals surface area (Å²) in [6.45, 7) is 0. The maximum absolute atomic E-state index is 9.39. The van der Waals surface area contributed by atoms with Gasteiger partial charge in [0.25, 0.3) is 0 Å². The average molecular weight is 838 g/mol. The summed E-state index contributed by atoms with van der Waals surface area (Å²) < 4.78 is 0. The molecule has 0 aliphatic rings. The Kier molecular flexibility index (Phi) is 9.55. The molecular formula is C63H39N3. The fourth-order valence-electron chi connectivity index (χ4n) is 9.56. The lowest BCUT2D eigenvalue weighted by Gasteiger charge is -2.15. The Bertz CT molecular complexity index is 3860. The van der Waals surface area contributed by atoms with E-state index in [-0.39, 0.29) is 0 Å². The fourth-order valence-corrected chi connectivity index (χ4v) is 9.56. The maximum Gasteiger partial charge on any atom is 0.160 e. The first-order valence-corrected chi connectivity index (χ1v) is 22.3. The summed E-state index contributed by atoms with van der Waals surface area (Å²) in [4.78, 5) is 10.6. The topological polar surface area (TPSA) is 49.6 Å². The minimum Gasteiger partial charge on any atom is -0.228 e. The highest BCUT2D eigenvalue weighted by Crippen LogP contribution is 2.41. The van der Waals surface area contributed by atoms with Gasteiger partial charge in [0.1, 0.15) is 0 Å². The molecule has 0 N–H and O–H groups in total. The molecule has 0 fully saturated rings. The van der Waals surface area contributed by atoms with Gasteiger partial charge in [0.05, 0.1) is 23.0 Å². The first-order chi connectivity index (χ1) is 32.6. The summed E-state index contributed by atoms with van der Waals surface area (Å²) in [5.74, 6) is 0.657. The van der Waals surface area contributed by atoms with Crippen molar-refractivity contribution in [3.05, 3.63) is 242 Å². The molecule has 0 aliphatic carbocycles. The van der Waals surface area contributed by atoms with Crippen molar-refractivity contribution in [2.45, 2.75) is 0 Å². The second-order valence-electron chi connectivity index (χ2n) is 16.9. The zero-order valence-electron chi connectivity index (χ0n) is 35.9. The lowest BCUT2D eigenvalue weighted by molar-refractivity contribution is 1.18. The largest absolute Gasteiger partial charge is 0.228 e. The Morgan fingerprint density at radius 2 is 0.848 bits per heavy atom. The monoisotopic (exact) mass is 837 g/mol. The van der Waals surface area contributed by atoms with Gasteiger partial charge in [-0.15, -0.1) is 0 Å². The summed E-state index contributed by atoms with van der Waals surface area (Å²) in [5.41, 5.74) is 14.4. The van der Waals surface area contributed by atoms with Crippen LogP contribution in [0.4, 0.5) is 0 Å². The van der Waals surface area contributed by atoms with Crippen LogP contribution in [0, 0.1) is 11.3 Å². The van der Waals surface area contributed by atoms with Crippen LogP contribution in [0.2, 0.25) is 0 Å². The highest BCUT2D eigenvalue weighted by molar-refractivity contribution is 6.20. The number of benzene rings is 11. The Hall–Kier alpha value is -8.97. The lowest BCUT2D eigenvalue weighted by atomic mass is 9.89. The minimum atomic E-state index is 0.637. The van der Waals surface area contributed by atoms with E-state index in [1.54, 1.807) is 0 Å². The van der Waals surface area contributed by atoms with Crippen molar-refractivity contribution in [1.82, 2.24) is 9.97 Å². The van der Waals surface area contributed by atoms with Crippen LogP contribution in [0.5, 0.6) is 0 Å². The Balaban J connectivity index is 0.924.